The van der Waals surface area contributed by atoms with Crippen molar-refractivity contribution >= 4 is 22.8 Å². The lowest BCUT2D eigenvalue weighted by molar-refractivity contribution is -0.144. The molecule has 0 N–H and O–H groups in total. The van der Waals surface area contributed by atoms with Crippen LogP contribution >= 0.6 is 0 Å². The summed E-state index contributed by atoms with van der Waals surface area (Å²) < 4.78 is 13.1. The van der Waals surface area contributed by atoms with Crippen LogP contribution in [0, 0.1) is 0 Å². The number of benzene rings is 2. The SMILES string of the molecule is CCOC(=O)C(N=C(c1ccccc1)c1ccccc1)c1ncnc2c1ncn2C1CCCO1. The van der Waals surface area contributed by atoms with Crippen molar-refractivity contribution in [2.45, 2.75) is 32.0 Å². The van der Waals surface area contributed by atoms with Gasteiger partial charge in [0.15, 0.2) is 11.7 Å². The fourth-order valence-corrected chi connectivity index (χ4v) is 4.14. The van der Waals surface area contributed by atoms with Crippen LogP contribution in [-0.2, 0) is 14.3 Å². The molecule has 8 heteroatoms. The van der Waals surface area contributed by atoms with Crippen molar-refractivity contribution in [3.63, 3.8) is 0 Å². The van der Waals surface area contributed by atoms with Gasteiger partial charge in [0, 0.05) is 17.7 Å². The first kappa shape index (κ1) is 21.9. The molecule has 1 aliphatic rings. The molecule has 4 aromatic rings. The summed E-state index contributed by atoms with van der Waals surface area (Å²) in [6.07, 6.45) is 4.88. The smallest absolute Gasteiger partial charge is 0.337 e. The summed E-state index contributed by atoms with van der Waals surface area (Å²) >= 11 is 0. The van der Waals surface area contributed by atoms with E-state index in [-0.39, 0.29) is 12.8 Å². The van der Waals surface area contributed by atoms with Crippen LogP contribution in [-0.4, -0.2) is 44.4 Å². The third-order valence-electron chi connectivity index (χ3n) is 5.72. The molecule has 0 bridgehead atoms. The summed E-state index contributed by atoms with van der Waals surface area (Å²) in [6.45, 7) is 2.71. The molecule has 2 atom stereocenters. The normalized spacial score (nSPS) is 16.3. The van der Waals surface area contributed by atoms with Gasteiger partial charge in [-0.3, -0.25) is 9.56 Å². The van der Waals surface area contributed by atoms with Gasteiger partial charge < -0.3 is 9.47 Å². The minimum absolute atomic E-state index is 0.124. The van der Waals surface area contributed by atoms with E-state index in [2.05, 4.69) is 15.0 Å². The van der Waals surface area contributed by atoms with E-state index < -0.39 is 12.0 Å². The van der Waals surface area contributed by atoms with Gasteiger partial charge in [-0.2, -0.15) is 0 Å². The third kappa shape index (κ3) is 4.32. The standard InChI is InChI=1S/C26H25N5O3/c1-2-33-26(32)24(30-21(18-10-5-3-6-11-18)19-12-7-4-8-13-19)22-23-25(28-16-27-22)31(17-29-23)20-14-9-15-34-20/h3-8,10-13,16-17,20,24H,2,9,14-15H2,1H3. The lowest BCUT2D eigenvalue weighted by Gasteiger charge is -2.16. The number of carbonyl (C=O) groups excluding carboxylic acids is 1. The fourth-order valence-electron chi connectivity index (χ4n) is 4.14. The van der Waals surface area contributed by atoms with Crippen molar-refractivity contribution in [2.24, 2.45) is 4.99 Å². The van der Waals surface area contributed by atoms with Gasteiger partial charge in [-0.15, -0.1) is 0 Å². The third-order valence-corrected chi connectivity index (χ3v) is 5.72. The zero-order valence-corrected chi connectivity index (χ0v) is 18.9. The first-order chi connectivity index (χ1) is 16.8. The van der Waals surface area contributed by atoms with Gasteiger partial charge in [-0.1, -0.05) is 60.7 Å². The number of fused-ring (bicyclic) bond motifs is 1. The van der Waals surface area contributed by atoms with E-state index in [1.807, 2.05) is 65.2 Å². The first-order valence-electron chi connectivity index (χ1n) is 11.4. The Morgan fingerprint density at radius 2 is 1.79 bits per heavy atom. The van der Waals surface area contributed by atoms with E-state index in [1.54, 1.807) is 13.3 Å². The molecule has 0 radical (unpaired) electrons. The Balaban J connectivity index is 1.67. The number of hydrogen-bond donors (Lipinski definition) is 0. The molecule has 172 valence electrons. The van der Waals surface area contributed by atoms with Gasteiger partial charge in [0.05, 0.1) is 18.6 Å². The van der Waals surface area contributed by atoms with Crippen LogP contribution in [0.15, 0.2) is 78.3 Å². The minimum Gasteiger partial charge on any atom is -0.464 e. The highest BCUT2D eigenvalue weighted by atomic mass is 16.5. The monoisotopic (exact) mass is 455 g/mol. The number of hydrogen-bond acceptors (Lipinski definition) is 7. The van der Waals surface area contributed by atoms with Gasteiger partial charge in [-0.25, -0.2) is 19.7 Å². The summed E-state index contributed by atoms with van der Waals surface area (Å²) in [4.78, 5) is 31.6. The van der Waals surface area contributed by atoms with Crippen LogP contribution in [0.5, 0.6) is 0 Å². The van der Waals surface area contributed by atoms with Crippen LogP contribution < -0.4 is 0 Å². The zero-order valence-electron chi connectivity index (χ0n) is 18.9. The molecule has 1 fully saturated rings. The largest absolute Gasteiger partial charge is 0.464 e. The summed E-state index contributed by atoms with van der Waals surface area (Å²) in [5.74, 6) is -0.487. The van der Waals surface area contributed by atoms with Gasteiger partial charge in [-0.05, 0) is 19.8 Å². The van der Waals surface area contributed by atoms with Crippen molar-refractivity contribution in [3.8, 4) is 0 Å². The highest BCUT2D eigenvalue weighted by Gasteiger charge is 2.29. The van der Waals surface area contributed by atoms with Crippen LogP contribution in [0.1, 0.15) is 48.9 Å². The van der Waals surface area contributed by atoms with Crippen LogP contribution in [0.4, 0.5) is 0 Å². The molecule has 5 rings (SSSR count). The molecular formula is C26H25N5O3. The summed E-state index contributed by atoms with van der Waals surface area (Å²) in [5.41, 5.74) is 3.98. The molecule has 0 saturated carbocycles. The quantitative estimate of drug-likeness (QED) is 0.305. The Morgan fingerprint density at radius 1 is 1.09 bits per heavy atom. The molecule has 2 aromatic heterocycles. The maximum atomic E-state index is 13.2. The number of aliphatic imine (C=N–C) groups is 1. The molecular weight excluding hydrogens is 430 g/mol. The average molecular weight is 456 g/mol. The molecule has 0 spiro atoms. The van der Waals surface area contributed by atoms with E-state index in [1.165, 1.54) is 6.33 Å². The second kappa shape index (κ2) is 9.93. The van der Waals surface area contributed by atoms with Crippen molar-refractivity contribution in [1.82, 2.24) is 19.5 Å². The van der Waals surface area contributed by atoms with Gasteiger partial charge in [0.2, 0.25) is 0 Å². The Kier molecular flexibility index (Phi) is 6.40. The minimum atomic E-state index is -1.01. The van der Waals surface area contributed by atoms with Crippen LogP contribution in [0.3, 0.4) is 0 Å². The Bertz CT molecular complexity index is 1260. The summed E-state index contributed by atoms with van der Waals surface area (Å²) in [5, 5.41) is 0. The number of rotatable bonds is 7. The van der Waals surface area contributed by atoms with E-state index in [4.69, 9.17) is 14.5 Å². The first-order valence-corrected chi connectivity index (χ1v) is 11.4. The maximum Gasteiger partial charge on any atom is 0.337 e. The Morgan fingerprint density at radius 3 is 2.41 bits per heavy atom. The fraction of sp³-hybridized carbons (Fsp3) is 0.269. The summed E-state index contributed by atoms with van der Waals surface area (Å²) in [6, 6.07) is 18.5. The van der Waals surface area contributed by atoms with Crippen LogP contribution in [0.25, 0.3) is 11.2 Å². The van der Waals surface area contributed by atoms with E-state index in [9.17, 15) is 4.79 Å². The zero-order chi connectivity index (χ0) is 23.3. The van der Waals surface area contributed by atoms with Crippen molar-refractivity contribution < 1.29 is 14.3 Å². The lowest BCUT2D eigenvalue weighted by Crippen LogP contribution is -2.19. The molecule has 2 aromatic carbocycles. The Labute approximate surface area is 197 Å². The van der Waals surface area contributed by atoms with Gasteiger partial charge >= 0.3 is 5.97 Å². The highest BCUT2D eigenvalue weighted by Crippen LogP contribution is 2.30. The number of carbonyl (C=O) groups is 1. The van der Waals surface area contributed by atoms with Crippen molar-refractivity contribution in [3.05, 3.63) is 90.1 Å². The van der Waals surface area contributed by atoms with E-state index >= 15 is 0 Å². The number of nitrogens with zero attached hydrogens (tertiary/aromatic N) is 5. The number of esters is 1. The molecule has 0 aliphatic carbocycles. The maximum absolute atomic E-state index is 13.2. The highest BCUT2D eigenvalue weighted by molar-refractivity contribution is 6.13. The summed E-state index contributed by atoms with van der Waals surface area (Å²) in [7, 11) is 0. The predicted molar refractivity (Wildman–Crippen MR) is 127 cm³/mol. The van der Waals surface area contributed by atoms with Gasteiger partial charge in [0.1, 0.15) is 23.8 Å². The second-order valence-corrected chi connectivity index (χ2v) is 7.91. The molecule has 1 saturated heterocycles. The molecule has 34 heavy (non-hydrogen) atoms. The second-order valence-electron chi connectivity index (χ2n) is 7.91. The molecule has 0 amide bonds. The number of imidazole rings is 1. The average Bonchev–Trinajstić information content (AvgIpc) is 3.56. The number of ether oxygens (including phenoxy) is 2. The molecule has 1 aliphatic heterocycles. The van der Waals surface area contributed by atoms with Crippen LogP contribution in [0.2, 0.25) is 0 Å². The Hall–Kier alpha value is -3.91. The van der Waals surface area contributed by atoms with Gasteiger partial charge in [0.25, 0.3) is 0 Å². The van der Waals surface area contributed by atoms with E-state index in [0.29, 0.717) is 29.2 Å². The predicted octanol–water partition coefficient (Wildman–Crippen LogP) is 4.28. The van der Waals surface area contributed by atoms with E-state index in [0.717, 1.165) is 24.0 Å². The lowest BCUT2D eigenvalue weighted by atomic mass is 10.0. The van der Waals surface area contributed by atoms with Crippen molar-refractivity contribution in [2.75, 3.05) is 13.2 Å². The molecule has 2 unspecified atom stereocenters. The van der Waals surface area contributed by atoms with Crippen molar-refractivity contribution in [1.29, 1.82) is 0 Å². The topological polar surface area (TPSA) is 91.5 Å². The molecule has 3 heterocycles. The number of aromatic nitrogens is 4. The molecule has 8 nitrogen and oxygen atoms in total.